The zero-order chi connectivity index (χ0) is 10.8. The van der Waals surface area contributed by atoms with Crippen LogP contribution < -0.4 is 5.32 Å². The van der Waals surface area contributed by atoms with Crippen molar-refractivity contribution in [3.63, 3.8) is 0 Å². The van der Waals surface area contributed by atoms with E-state index in [1.54, 1.807) is 0 Å². The van der Waals surface area contributed by atoms with E-state index in [-0.39, 0.29) is 0 Å². The molecule has 2 aliphatic rings. The molecule has 3 nitrogen and oxygen atoms in total. The van der Waals surface area contributed by atoms with Crippen LogP contribution in [0.1, 0.15) is 12.8 Å². The van der Waals surface area contributed by atoms with Gasteiger partial charge in [0, 0.05) is 0 Å². The molecule has 0 aromatic rings. The van der Waals surface area contributed by atoms with Crippen molar-refractivity contribution in [2.45, 2.75) is 19.0 Å². The average molecular weight is 211 g/mol. The molecule has 14 heavy (non-hydrogen) atoms. The van der Waals surface area contributed by atoms with Crippen LogP contribution in [0.15, 0.2) is 0 Å². The van der Waals surface area contributed by atoms with Crippen LogP contribution in [0.3, 0.4) is 0 Å². The summed E-state index contributed by atoms with van der Waals surface area (Å²) < 4.78 is 31.7. The van der Waals surface area contributed by atoms with Gasteiger partial charge in [0.15, 0.2) is 0 Å². The largest absolute Gasteiger partial charge is 0.490 e. The van der Waals surface area contributed by atoms with Crippen molar-refractivity contribution < 1.29 is 23.1 Å². The highest BCUT2D eigenvalue weighted by atomic mass is 19.4. The minimum atomic E-state index is -5.08. The first kappa shape index (κ1) is 11.3. The molecule has 0 spiro atoms. The summed E-state index contributed by atoms with van der Waals surface area (Å²) in [5, 5.41) is 10.4. The van der Waals surface area contributed by atoms with Crippen molar-refractivity contribution >= 4 is 5.97 Å². The Kier molecular flexibility index (Phi) is 3.36. The molecule has 0 amide bonds. The van der Waals surface area contributed by atoms with Gasteiger partial charge < -0.3 is 10.4 Å². The van der Waals surface area contributed by atoms with Crippen LogP contribution >= 0.6 is 0 Å². The number of carboxylic acids is 1. The second-order valence-electron chi connectivity index (χ2n) is 3.56. The maximum atomic E-state index is 10.6. The number of rotatable bonds is 1. The van der Waals surface area contributed by atoms with Gasteiger partial charge in [-0.15, -0.1) is 0 Å². The van der Waals surface area contributed by atoms with Crippen LogP contribution in [0.25, 0.3) is 0 Å². The monoisotopic (exact) mass is 211 g/mol. The average Bonchev–Trinajstić information content (AvgIpc) is 2.66. The number of nitrogens with one attached hydrogen (secondary N) is 1. The van der Waals surface area contributed by atoms with Gasteiger partial charge in [-0.25, -0.2) is 4.79 Å². The van der Waals surface area contributed by atoms with E-state index < -0.39 is 12.1 Å². The minimum Gasteiger partial charge on any atom is -0.475 e. The molecule has 1 saturated heterocycles. The van der Waals surface area contributed by atoms with Crippen LogP contribution in [0.4, 0.5) is 13.2 Å². The molecule has 82 valence electrons. The molecule has 0 aromatic carbocycles. The van der Waals surface area contributed by atoms with Gasteiger partial charge in [0.25, 0.3) is 0 Å². The second kappa shape index (κ2) is 4.16. The van der Waals surface area contributed by atoms with Gasteiger partial charge >= 0.3 is 12.1 Å². The SMILES string of the molecule is C1CC1C1CNC1.O=C(O)C(F)(F)F. The number of carbonyl (C=O) groups is 1. The van der Waals surface area contributed by atoms with Crippen molar-refractivity contribution in [2.24, 2.45) is 11.8 Å². The Labute approximate surface area is 79.3 Å². The number of alkyl halides is 3. The third kappa shape index (κ3) is 3.53. The van der Waals surface area contributed by atoms with Gasteiger partial charge in [0.05, 0.1) is 0 Å². The number of carboxylic acid groups (broad SMARTS) is 1. The fraction of sp³-hybridized carbons (Fsp3) is 0.875. The predicted octanol–water partition coefficient (Wildman–Crippen LogP) is 1.25. The van der Waals surface area contributed by atoms with Gasteiger partial charge in [-0.2, -0.15) is 13.2 Å². The van der Waals surface area contributed by atoms with Crippen molar-refractivity contribution in [1.82, 2.24) is 5.32 Å². The maximum absolute atomic E-state index is 10.6. The fourth-order valence-electron chi connectivity index (χ4n) is 1.21. The smallest absolute Gasteiger partial charge is 0.475 e. The number of hydrogen-bond donors (Lipinski definition) is 2. The van der Waals surface area contributed by atoms with Gasteiger partial charge in [-0.1, -0.05) is 0 Å². The van der Waals surface area contributed by atoms with E-state index in [4.69, 9.17) is 9.90 Å². The van der Waals surface area contributed by atoms with E-state index in [2.05, 4.69) is 5.32 Å². The van der Waals surface area contributed by atoms with Gasteiger partial charge in [0.1, 0.15) is 0 Å². The first-order chi connectivity index (χ1) is 6.41. The second-order valence-corrected chi connectivity index (χ2v) is 3.56. The highest BCUT2D eigenvalue weighted by molar-refractivity contribution is 5.73. The summed E-state index contributed by atoms with van der Waals surface area (Å²) in [4.78, 5) is 8.90. The van der Waals surface area contributed by atoms with Crippen LogP contribution in [-0.4, -0.2) is 30.3 Å². The number of halogens is 3. The van der Waals surface area contributed by atoms with Crippen molar-refractivity contribution in [1.29, 1.82) is 0 Å². The van der Waals surface area contributed by atoms with Gasteiger partial charge in [0.2, 0.25) is 0 Å². The number of hydrogen-bond acceptors (Lipinski definition) is 2. The van der Waals surface area contributed by atoms with Crippen LogP contribution in [0.2, 0.25) is 0 Å². The molecular weight excluding hydrogens is 199 g/mol. The Bertz CT molecular complexity index is 209. The summed E-state index contributed by atoms with van der Waals surface area (Å²) in [6.45, 7) is 2.62. The Morgan fingerprint density at radius 2 is 1.64 bits per heavy atom. The molecule has 2 N–H and O–H groups in total. The molecule has 0 unspecified atom stereocenters. The summed E-state index contributed by atoms with van der Waals surface area (Å²) in [6, 6.07) is 0. The molecule has 1 saturated carbocycles. The molecule has 6 heteroatoms. The summed E-state index contributed by atoms with van der Waals surface area (Å²) >= 11 is 0. The van der Waals surface area contributed by atoms with E-state index in [9.17, 15) is 13.2 Å². The third-order valence-electron chi connectivity index (χ3n) is 2.34. The van der Waals surface area contributed by atoms with E-state index in [1.165, 1.54) is 25.9 Å². The lowest BCUT2D eigenvalue weighted by Crippen LogP contribution is -2.43. The fourth-order valence-corrected chi connectivity index (χ4v) is 1.21. The standard InChI is InChI=1S/C6H11N.C2HF3O2/c1-2-5(1)6-3-7-4-6;3-2(4,5)1(6)7/h5-7H,1-4H2;(H,6,7). The summed E-state index contributed by atoms with van der Waals surface area (Å²) in [7, 11) is 0. The normalized spacial score (nSPS) is 21.9. The van der Waals surface area contributed by atoms with Crippen molar-refractivity contribution in [2.75, 3.05) is 13.1 Å². The minimum absolute atomic E-state index is 1.08. The Morgan fingerprint density at radius 3 is 1.71 bits per heavy atom. The third-order valence-corrected chi connectivity index (χ3v) is 2.34. The Balaban J connectivity index is 0.000000140. The molecule has 2 rings (SSSR count). The van der Waals surface area contributed by atoms with E-state index >= 15 is 0 Å². The molecule has 0 radical (unpaired) electrons. The summed E-state index contributed by atoms with van der Waals surface area (Å²) in [5.74, 6) is -0.534. The molecule has 0 bridgehead atoms. The van der Waals surface area contributed by atoms with Crippen molar-refractivity contribution in [3.8, 4) is 0 Å². The molecule has 0 atom stereocenters. The highest BCUT2D eigenvalue weighted by Gasteiger charge is 2.38. The lowest BCUT2D eigenvalue weighted by atomic mass is 9.98. The van der Waals surface area contributed by atoms with Crippen LogP contribution in [0, 0.1) is 11.8 Å². The first-order valence-electron chi connectivity index (χ1n) is 4.42. The maximum Gasteiger partial charge on any atom is 0.490 e. The zero-order valence-electron chi connectivity index (χ0n) is 7.47. The first-order valence-corrected chi connectivity index (χ1v) is 4.42. The Morgan fingerprint density at radius 1 is 1.21 bits per heavy atom. The lowest BCUT2D eigenvalue weighted by Gasteiger charge is -2.26. The van der Waals surface area contributed by atoms with E-state index in [0.717, 1.165) is 11.8 Å². The van der Waals surface area contributed by atoms with E-state index in [1.807, 2.05) is 0 Å². The number of aliphatic carboxylic acids is 1. The predicted molar refractivity (Wildman–Crippen MR) is 42.8 cm³/mol. The quantitative estimate of drug-likeness (QED) is 0.686. The molecular formula is C8H12F3NO2. The topological polar surface area (TPSA) is 49.3 Å². The lowest BCUT2D eigenvalue weighted by molar-refractivity contribution is -0.192. The summed E-state index contributed by atoms with van der Waals surface area (Å²) in [5.41, 5.74) is 0. The zero-order valence-corrected chi connectivity index (χ0v) is 7.47. The Hall–Kier alpha value is -0.780. The molecule has 1 aliphatic carbocycles. The van der Waals surface area contributed by atoms with Crippen LogP contribution in [-0.2, 0) is 4.79 Å². The van der Waals surface area contributed by atoms with Crippen molar-refractivity contribution in [3.05, 3.63) is 0 Å². The molecule has 0 aromatic heterocycles. The van der Waals surface area contributed by atoms with Gasteiger partial charge in [-0.3, -0.25) is 0 Å². The van der Waals surface area contributed by atoms with Crippen LogP contribution in [0.5, 0.6) is 0 Å². The van der Waals surface area contributed by atoms with Gasteiger partial charge in [-0.05, 0) is 37.8 Å². The summed E-state index contributed by atoms with van der Waals surface area (Å²) in [6.07, 6.45) is -2.04. The highest BCUT2D eigenvalue weighted by Crippen LogP contribution is 2.38. The van der Waals surface area contributed by atoms with E-state index in [0.29, 0.717) is 0 Å². The molecule has 1 heterocycles. The molecule has 1 aliphatic heterocycles. The molecule has 2 fully saturated rings.